The quantitative estimate of drug-likeness (QED) is 0.0250. The molecule has 0 aliphatic heterocycles. The van der Waals surface area contributed by atoms with E-state index in [1.807, 2.05) is 0 Å². The second-order valence-electron chi connectivity index (χ2n) is 31.0. The van der Waals surface area contributed by atoms with Crippen LogP contribution in [0, 0.1) is 0 Å². The molecule has 4 unspecified atom stereocenters. The van der Waals surface area contributed by atoms with Crippen LogP contribution in [0.1, 0.15) is 433 Å². The van der Waals surface area contributed by atoms with E-state index in [9.17, 15) is 42.9 Å². The van der Waals surface area contributed by atoms with Crippen LogP contribution in [0.15, 0.2) is 0 Å². The molecule has 0 aliphatic rings. The number of hydrogen-bond donors (Lipinski definition) is 4. The van der Waals surface area contributed by atoms with E-state index in [2.05, 4.69) is 62.8 Å². The summed E-state index contributed by atoms with van der Waals surface area (Å²) >= 11 is 0. The predicted molar refractivity (Wildman–Crippen MR) is 441 cm³/mol. The van der Waals surface area contributed by atoms with Crippen molar-refractivity contribution in [2.45, 2.75) is 458 Å². The molecule has 0 aromatic heterocycles. The number of nitrogens with one attached hydrogen (secondary N) is 4. The maximum atomic E-state index is 13.3. The number of carbonyl (C=O) groups is 5. The molecule has 0 spiro atoms. The molecule has 0 heterocycles. The van der Waals surface area contributed by atoms with Crippen LogP contribution in [0.4, 0.5) is 4.79 Å². The molecule has 4 N–H and O–H groups in total. The number of carbonyl (C=O) groups excluding carboxylic acids is 5. The molecular weight excluding hydrogens is 1420 g/mol. The van der Waals surface area contributed by atoms with Gasteiger partial charge in [-0.3, -0.25) is 28.3 Å². The van der Waals surface area contributed by atoms with Crippen LogP contribution < -0.4 is 31.1 Å². The number of ether oxygens (including phenoxy) is 4. The number of urea groups is 1. The van der Waals surface area contributed by atoms with Crippen molar-refractivity contribution in [3.05, 3.63) is 0 Å². The fourth-order valence-corrected chi connectivity index (χ4v) is 14.9. The van der Waals surface area contributed by atoms with Crippen molar-refractivity contribution in [3.8, 4) is 0 Å². The smallest absolute Gasteiger partial charge is 0.314 e. The first-order valence-electron chi connectivity index (χ1n) is 45.4. The maximum absolute atomic E-state index is 13.3. The number of unbranched alkanes of at least 4 members (excludes halogenated alkanes) is 47. The summed E-state index contributed by atoms with van der Waals surface area (Å²) in [6.07, 6.45) is 63.6. The Morgan fingerprint density at radius 1 is 0.284 bits per heavy atom. The van der Waals surface area contributed by atoms with Crippen LogP contribution in [-0.2, 0) is 65.4 Å². The lowest BCUT2D eigenvalue weighted by atomic mass is 10.0. The number of hydrogen-bond acceptors (Lipinski definition) is 17. The summed E-state index contributed by atoms with van der Waals surface area (Å²) in [5, 5.41) is 10.7. The zero-order valence-electron chi connectivity index (χ0n) is 70.8. The third kappa shape index (κ3) is 77.6. The van der Waals surface area contributed by atoms with Crippen molar-refractivity contribution in [1.82, 2.24) is 21.3 Å². The maximum Gasteiger partial charge on any atom is 0.314 e. The third-order valence-corrected chi connectivity index (χ3v) is 22.2. The van der Waals surface area contributed by atoms with Crippen LogP contribution >= 0.6 is 15.6 Å². The topological polar surface area (TPSA) is 288 Å². The first-order valence-corrected chi connectivity index (χ1v) is 48.3. The second kappa shape index (κ2) is 80.5. The summed E-state index contributed by atoms with van der Waals surface area (Å²) in [5.74, 6) is -0.906. The molecule has 23 heteroatoms. The summed E-state index contributed by atoms with van der Waals surface area (Å²) in [7, 11) is -9.93. The highest BCUT2D eigenvalue weighted by molar-refractivity contribution is 7.46. The first-order chi connectivity index (χ1) is 53.0. The molecule has 0 saturated heterocycles. The number of rotatable bonds is 87. The van der Waals surface area contributed by atoms with Crippen molar-refractivity contribution in [2.75, 3.05) is 65.9 Å². The molecule has 646 valence electrons. The molecule has 4 amide bonds. The number of amides is 4. The van der Waals surface area contributed by atoms with Crippen molar-refractivity contribution >= 4 is 45.4 Å². The Bertz CT molecular complexity index is 2160. The van der Waals surface area contributed by atoms with E-state index in [4.69, 9.17) is 37.0 Å². The van der Waals surface area contributed by atoms with Gasteiger partial charge < -0.3 is 68.1 Å². The van der Waals surface area contributed by atoms with Gasteiger partial charge in [0.2, 0.25) is 11.8 Å². The molecule has 0 rings (SSSR count). The average Bonchev–Trinajstić information content (AvgIpc) is 0.916. The normalized spacial score (nSPS) is 13.8. The minimum absolute atomic E-state index is 0.0615. The van der Waals surface area contributed by atoms with Crippen LogP contribution in [0.5, 0.6) is 0 Å². The molecule has 0 aromatic rings. The highest BCUT2D eigenvalue weighted by atomic mass is 31.2. The van der Waals surface area contributed by atoms with Gasteiger partial charge in [-0.15, -0.1) is 0 Å². The minimum atomic E-state index is -4.96. The zero-order valence-corrected chi connectivity index (χ0v) is 72.6. The summed E-state index contributed by atoms with van der Waals surface area (Å²) in [6, 6.07) is -2.45. The molecule has 0 saturated carbocycles. The van der Waals surface area contributed by atoms with E-state index in [0.29, 0.717) is 51.4 Å². The van der Waals surface area contributed by atoms with Gasteiger partial charge >= 0.3 is 18.0 Å². The Morgan fingerprint density at radius 3 is 0.789 bits per heavy atom. The Balaban J connectivity index is 5.58. The van der Waals surface area contributed by atoms with Gasteiger partial charge in [0.25, 0.3) is 15.6 Å². The van der Waals surface area contributed by atoms with E-state index in [-0.39, 0.29) is 88.3 Å². The first kappa shape index (κ1) is 106. The lowest BCUT2D eigenvalue weighted by molar-refractivity contribution is -0.227. The fourth-order valence-electron chi connectivity index (χ4n) is 13.4. The highest BCUT2D eigenvalue weighted by Gasteiger charge is 2.23. The van der Waals surface area contributed by atoms with Gasteiger partial charge in [-0.05, 0) is 51.4 Å². The number of esters is 2. The standard InChI is InChI=1S/C86H170N4O17P2/c1-7-13-19-25-29-33-37-39-41-45-51-57-63-83(92)90-79(75-101-71-67-81(61-55-49-24-18-12-6)107-85(94)65-59-53-47-43-36-32-28-22-16-10-4)77-105-109(98,99)103-73-69-88-86(95)87-68-72-102-108(96,97)104-76-78(89-82(91)62-56-50-44-40-38-34-30-26-20-14-8-2)74-100-70-66-80(60-54-48-23-17-11-5)106-84(93)64-58-52-46-42-35-31-27-21-15-9-3/h78-81H,7-77H2,1-6H3,(H,89,91)(H,90,92)(H,96,97)(H,98,99)(H2,87,88,95)/p-2/t78-,79-,80?,81?/m1/s1. The molecule has 0 bridgehead atoms. The van der Waals surface area contributed by atoms with Crippen LogP contribution in [0.2, 0.25) is 0 Å². The van der Waals surface area contributed by atoms with Crippen molar-refractivity contribution in [2.24, 2.45) is 0 Å². The lowest BCUT2D eigenvalue weighted by Gasteiger charge is -2.26. The van der Waals surface area contributed by atoms with Gasteiger partial charge in [-0.2, -0.15) is 0 Å². The molecule has 6 atom stereocenters. The van der Waals surface area contributed by atoms with E-state index in [1.54, 1.807) is 0 Å². The Labute approximate surface area is 666 Å². The molecule has 0 radical (unpaired) electrons. The van der Waals surface area contributed by atoms with Gasteiger partial charge in [0, 0.05) is 51.6 Å². The SMILES string of the molecule is CCCCCCCCCCCCCCC(=O)N[C@H](COCCC(CCCCCCC)OC(=O)CCCCCCCCCCCC)COP(=O)([O-])OCCNC(=O)NCCOP(=O)([O-])OC[C@@H](COCCC(CCCCCCC)OC(=O)CCCCCCCCCCCC)NC(=O)CCCCCCCCCCCCC. The van der Waals surface area contributed by atoms with Gasteiger partial charge in [0.1, 0.15) is 12.2 Å². The third-order valence-electron chi connectivity index (χ3n) is 20.3. The Morgan fingerprint density at radius 2 is 0.523 bits per heavy atom. The van der Waals surface area contributed by atoms with Gasteiger partial charge in [-0.25, -0.2) is 4.79 Å². The van der Waals surface area contributed by atoms with E-state index in [1.165, 1.54) is 186 Å². The lowest BCUT2D eigenvalue weighted by Crippen LogP contribution is -2.42. The Kier molecular flexibility index (Phi) is 78.5. The minimum Gasteiger partial charge on any atom is -0.756 e. The number of phosphoric ester groups is 2. The summed E-state index contributed by atoms with van der Waals surface area (Å²) in [5.41, 5.74) is 0. The summed E-state index contributed by atoms with van der Waals surface area (Å²) in [4.78, 5) is 91.6. The summed E-state index contributed by atoms with van der Waals surface area (Å²) < 4.78 is 71.0. The van der Waals surface area contributed by atoms with Crippen LogP contribution in [0.25, 0.3) is 0 Å². The molecule has 0 aromatic carbocycles. The van der Waals surface area contributed by atoms with Gasteiger partial charge in [0.05, 0.1) is 64.9 Å². The highest BCUT2D eigenvalue weighted by Crippen LogP contribution is 2.39. The molecule has 0 fully saturated rings. The molecule has 21 nitrogen and oxygen atoms in total. The van der Waals surface area contributed by atoms with Crippen molar-refractivity contribution in [3.63, 3.8) is 0 Å². The molecule has 0 aliphatic carbocycles. The van der Waals surface area contributed by atoms with Crippen molar-refractivity contribution < 1.29 is 79.9 Å². The molecular formula is C86H168N4O17P2-2. The number of phosphoric acid groups is 2. The zero-order chi connectivity index (χ0) is 79.9. The van der Waals surface area contributed by atoms with Crippen molar-refractivity contribution in [1.29, 1.82) is 0 Å². The Hall–Kier alpha value is -2.71. The van der Waals surface area contributed by atoms with Gasteiger partial charge in [0.15, 0.2) is 0 Å². The predicted octanol–water partition coefficient (Wildman–Crippen LogP) is 22.0. The average molecular weight is 1590 g/mol. The largest absolute Gasteiger partial charge is 0.756 e. The van der Waals surface area contributed by atoms with Gasteiger partial charge in [-0.1, -0.05) is 343 Å². The van der Waals surface area contributed by atoms with E-state index < -0.39 is 60.2 Å². The van der Waals surface area contributed by atoms with Crippen LogP contribution in [0.3, 0.4) is 0 Å². The van der Waals surface area contributed by atoms with Crippen LogP contribution in [-0.4, -0.2) is 120 Å². The monoisotopic (exact) mass is 1590 g/mol. The van der Waals surface area contributed by atoms with E-state index >= 15 is 0 Å². The second-order valence-corrected chi connectivity index (χ2v) is 33.8. The molecule has 109 heavy (non-hydrogen) atoms. The fraction of sp³-hybridized carbons (Fsp3) is 0.942. The van der Waals surface area contributed by atoms with E-state index in [0.717, 1.165) is 141 Å². The summed E-state index contributed by atoms with van der Waals surface area (Å²) in [6.45, 7) is 11.1.